The van der Waals surface area contributed by atoms with Gasteiger partial charge in [-0.25, -0.2) is 14.3 Å². The van der Waals surface area contributed by atoms with E-state index in [1.54, 1.807) is 10.6 Å². The van der Waals surface area contributed by atoms with Crippen molar-refractivity contribution in [1.29, 1.82) is 0 Å². The van der Waals surface area contributed by atoms with Crippen LogP contribution in [-0.4, -0.2) is 32.1 Å². The minimum atomic E-state index is -4.81. The average Bonchev–Trinajstić information content (AvgIpc) is 3.07. The second-order valence-corrected chi connectivity index (χ2v) is 8.73. The summed E-state index contributed by atoms with van der Waals surface area (Å²) in [6, 6.07) is 11.2. The third kappa shape index (κ3) is 3.20. The fourth-order valence-electron chi connectivity index (χ4n) is 4.01. The Labute approximate surface area is 175 Å². The molecule has 0 fully saturated rings. The summed E-state index contributed by atoms with van der Waals surface area (Å²) in [5, 5.41) is 0.952. The highest BCUT2D eigenvalue weighted by atomic mass is 31.2. The van der Waals surface area contributed by atoms with Crippen LogP contribution < -0.4 is 5.56 Å². The van der Waals surface area contributed by atoms with Crippen molar-refractivity contribution in [2.75, 3.05) is 6.79 Å². The molecule has 2 aliphatic heterocycles. The van der Waals surface area contributed by atoms with Crippen molar-refractivity contribution in [3.05, 3.63) is 63.4 Å². The van der Waals surface area contributed by atoms with Gasteiger partial charge in [-0.15, -0.1) is 0 Å². The highest BCUT2D eigenvalue weighted by molar-refractivity contribution is 7.46. The molecule has 10 nitrogen and oxygen atoms in total. The Morgan fingerprint density at radius 3 is 2.81 bits per heavy atom. The molecule has 160 valence electrons. The van der Waals surface area contributed by atoms with Gasteiger partial charge in [-0.3, -0.25) is 9.32 Å². The third-order valence-electron chi connectivity index (χ3n) is 5.59. The number of fused-ring (bicyclic) bond motifs is 5. The van der Waals surface area contributed by atoms with Gasteiger partial charge in [0, 0.05) is 16.5 Å². The largest absolute Gasteiger partial charge is 0.471 e. The van der Waals surface area contributed by atoms with Gasteiger partial charge in [0.15, 0.2) is 12.4 Å². The quantitative estimate of drug-likeness (QED) is 0.274. The number of phosphoric acid groups is 1. The lowest BCUT2D eigenvalue weighted by Gasteiger charge is -2.33. The summed E-state index contributed by atoms with van der Waals surface area (Å²) in [6.45, 7) is 0.614. The molecule has 2 N–H and O–H groups in total. The highest BCUT2D eigenvalue weighted by Crippen LogP contribution is 2.41. The molecule has 2 aliphatic rings. The Balaban J connectivity index is 1.64. The molecule has 4 heterocycles. The molecule has 1 atom stereocenters. The van der Waals surface area contributed by atoms with E-state index >= 15 is 0 Å². The van der Waals surface area contributed by atoms with E-state index in [-0.39, 0.29) is 23.3 Å². The maximum Gasteiger partial charge on any atom is 0.471 e. The van der Waals surface area contributed by atoms with Crippen molar-refractivity contribution in [3.63, 3.8) is 0 Å². The van der Waals surface area contributed by atoms with Crippen LogP contribution in [0.25, 0.3) is 22.3 Å². The van der Waals surface area contributed by atoms with Gasteiger partial charge in [0.25, 0.3) is 5.56 Å². The number of pyridine rings is 2. The van der Waals surface area contributed by atoms with Crippen molar-refractivity contribution in [2.24, 2.45) is 0 Å². The fourth-order valence-corrected chi connectivity index (χ4v) is 4.20. The molecule has 0 amide bonds. The first kappa shape index (κ1) is 20.0. The van der Waals surface area contributed by atoms with Gasteiger partial charge in [-0.2, -0.15) is 0 Å². The van der Waals surface area contributed by atoms with Gasteiger partial charge >= 0.3 is 13.8 Å². The highest BCUT2D eigenvalue weighted by Gasteiger charge is 2.46. The Hall–Kier alpha value is -2.88. The molecule has 0 radical (unpaired) electrons. The van der Waals surface area contributed by atoms with Crippen LogP contribution in [0.3, 0.4) is 0 Å². The average molecular weight is 444 g/mol. The molecule has 0 spiro atoms. The normalized spacial score (nSPS) is 19.6. The monoisotopic (exact) mass is 444 g/mol. The van der Waals surface area contributed by atoms with Crippen LogP contribution in [0.4, 0.5) is 0 Å². The summed E-state index contributed by atoms with van der Waals surface area (Å²) in [6.07, 6.45) is 0. The van der Waals surface area contributed by atoms with Crippen LogP contribution in [0.2, 0.25) is 0 Å². The predicted molar refractivity (Wildman–Crippen MR) is 107 cm³/mol. The summed E-state index contributed by atoms with van der Waals surface area (Å²) in [5.41, 5.74) is 1.18. The van der Waals surface area contributed by atoms with Crippen LogP contribution in [-0.2, 0) is 42.1 Å². The van der Waals surface area contributed by atoms with E-state index in [0.717, 1.165) is 16.5 Å². The number of para-hydroxylation sites is 1. The summed E-state index contributed by atoms with van der Waals surface area (Å²) in [7, 11) is -4.81. The van der Waals surface area contributed by atoms with Crippen LogP contribution in [0.5, 0.6) is 0 Å². The van der Waals surface area contributed by atoms with Crippen LogP contribution in [0, 0.1) is 0 Å². The first-order valence-electron chi connectivity index (χ1n) is 9.35. The number of cyclic esters (lactones) is 1. The van der Waals surface area contributed by atoms with Crippen molar-refractivity contribution in [1.82, 2.24) is 9.55 Å². The Kier molecular flexibility index (Phi) is 4.40. The van der Waals surface area contributed by atoms with Gasteiger partial charge in [-0.05, 0) is 25.1 Å². The van der Waals surface area contributed by atoms with E-state index in [9.17, 15) is 14.2 Å². The molecule has 31 heavy (non-hydrogen) atoms. The van der Waals surface area contributed by atoms with Crippen LogP contribution >= 0.6 is 7.82 Å². The van der Waals surface area contributed by atoms with Crippen LogP contribution in [0.15, 0.2) is 41.2 Å². The van der Waals surface area contributed by atoms with E-state index in [1.807, 2.05) is 30.3 Å². The molecule has 2 aromatic heterocycles. The molecular formula is C20H17N2O8P. The molecule has 0 saturated carbocycles. The van der Waals surface area contributed by atoms with Crippen molar-refractivity contribution in [2.45, 2.75) is 25.7 Å². The van der Waals surface area contributed by atoms with Crippen molar-refractivity contribution < 1.29 is 33.1 Å². The zero-order valence-electron chi connectivity index (χ0n) is 16.3. The number of aromatic nitrogens is 2. The SMILES string of the molecule is C[C@@]1(OCOP(=O)(O)O)C(=O)OCc2c1cc1n(c2=O)Cc2cc3ccccc3nc2-1. The van der Waals surface area contributed by atoms with E-state index in [2.05, 4.69) is 4.52 Å². The Bertz CT molecular complexity index is 1360. The minimum Gasteiger partial charge on any atom is -0.458 e. The summed E-state index contributed by atoms with van der Waals surface area (Å²) < 4.78 is 27.4. The Morgan fingerprint density at radius 2 is 2.03 bits per heavy atom. The molecule has 5 rings (SSSR count). The standard InChI is InChI=1S/C20H17N2O8P/c1-20(29-10-30-31(25,26)27)14-7-16-17-12(6-11-4-2-3-5-15(11)21-17)8-22(16)18(23)13(14)9-28-19(20)24/h2-7H,8-10H2,1H3,(H2,25,26,27)/t20-/m0/s1. The number of carbonyl (C=O) groups excluding carboxylic acids is 1. The molecule has 3 aromatic rings. The lowest BCUT2D eigenvalue weighted by Crippen LogP contribution is -2.45. The molecule has 0 aliphatic carbocycles. The summed E-state index contributed by atoms with van der Waals surface area (Å²) in [5.74, 6) is -0.789. The first-order chi connectivity index (χ1) is 14.7. The minimum absolute atomic E-state index is 0.225. The van der Waals surface area contributed by atoms with Gasteiger partial charge in [0.05, 0.1) is 29.0 Å². The fraction of sp³-hybridized carbons (Fsp3) is 0.250. The molecule has 1 aromatic carbocycles. The molecule has 0 saturated heterocycles. The van der Waals surface area contributed by atoms with E-state index in [1.165, 1.54) is 6.92 Å². The number of nitrogens with zero attached hydrogens (tertiary/aromatic N) is 2. The molecule has 0 bridgehead atoms. The lowest BCUT2D eigenvalue weighted by atomic mass is 9.89. The van der Waals surface area contributed by atoms with Gasteiger partial charge in [-0.1, -0.05) is 18.2 Å². The number of phosphoric ester groups is 1. The number of hydrogen-bond donors (Lipinski definition) is 2. The number of rotatable bonds is 4. The van der Waals surface area contributed by atoms with E-state index in [4.69, 9.17) is 24.2 Å². The first-order valence-corrected chi connectivity index (χ1v) is 10.9. The van der Waals surface area contributed by atoms with Crippen LogP contribution in [0.1, 0.15) is 23.6 Å². The second kappa shape index (κ2) is 6.81. The predicted octanol–water partition coefficient (Wildman–Crippen LogP) is 1.78. The third-order valence-corrected chi connectivity index (χ3v) is 6.04. The Morgan fingerprint density at radius 1 is 1.26 bits per heavy atom. The number of benzene rings is 1. The second-order valence-electron chi connectivity index (χ2n) is 7.49. The lowest BCUT2D eigenvalue weighted by molar-refractivity contribution is -0.188. The van der Waals surface area contributed by atoms with Crippen molar-refractivity contribution >= 4 is 24.7 Å². The topological polar surface area (TPSA) is 137 Å². The van der Waals surface area contributed by atoms with E-state index < -0.39 is 26.2 Å². The smallest absolute Gasteiger partial charge is 0.458 e. The molecule has 0 unspecified atom stereocenters. The van der Waals surface area contributed by atoms with Gasteiger partial charge in [0.2, 0.25) is 0 Å². The number of hydrogen-bond acceptors (Lipinski definition) is 7. The van der Waals surface area contributed by atoms with Gasteiger partial charge < -0.3 is 23.8 Å². The summed E-state index contributed by atoms with van der Waals surface area (Å²) in [4.78, 5) is 48.3. The van der Waals surface area contributed by atoms with Gasteiger partial charge in [0.1, 0.15) is 6.61 Å². The molecular weight excluding hydrogens is 427 g/mol. The maximum absolute atomic E-state index is 13.2. The zero-order valence-corrected chi connectivity index (χ0v) is 17.2. The number of esters is 1. The molecule has 11 heteroatoms. The van der Waals surface area contributed by atoms with Crippen molar-refractivity contribution in [3.8, 4) is 11.4 Å². The maximum atomic E-state index is 13.2. The zero-order chi connectivity index (χ0) is 22.0. The van der Waals surface area contributed by atoms with E-state index in [0.29, 0.717) is 17.9 Å². The summed E-state index contributed by atoms with van der Waals surface area (Å²) >= 11 is 0. The number of ether oxygens (including phenoxy) is 2. The number of carbonyl (C=O) groups is 1.